The van der Waals surface area contributed by atoms with Crippen LogP contribution in [0.5, 0.6) is 0 Å². The Morgan fingerprint density at radius 1 is 1.14 bits per heavy atom. The van der Waals surface area contributed by atoms with Gasteiger partial charge in [0.05, 0.1) is 28.0 Å². The molecule has 36 heavy (non-hydrogen) atoms. The number of carbonyl (C=O) groups excluding carboxylic acids is 1. The van der Waals surface area contributed by atoms with Gasteiger partial charge in [-0.05, 0) is 82.7 Å². The number of hydrogen-bond donors (Lipinski definition) is 0. The minimum atomic E-state index is -0.531. The zero-order valence-corrected chi connectivity index (χ0v) is 22.0. The maximum absolute atomic E-state index is 13.5. The molecule has 0 atom stereocenters. The van der Waals surface area contributed by atoms with Crippen molar-refractivity contribution in [1.82, 2.24) is 24.1 Å². The van der Waals surface area contributed by atoms with Gasteiger partial charge in [0, 0.05) is 30.9 Å². The summed E-state index contributed by atoms with van der Waals surface area (Å²) in [6.07, 6.45) is 4.76. The molecule has 0 saturated carbocycles. The van der Waals surface area contributed by atoms with Gasteiger partial charge in [-0.3, -0.25) is 4.79 Å². The molecule has 8 nitrogen and oxygen atoms in total. The normalized spacial score (nSPS) is 15.1. The second-order valence-electron chi connectivity index (χ2n) is 10.5. The molecule has 1 amide bonds. The lowest BCUT2D eigenvalue weighted by atomic mass is 10.0. The van der Waals surface area contributed by atoms with E-state index in [9.17, 15) is 9.59 Å². The molecule has 1 saturated heterocycles. The van der Waals surface area contributed by atoms with Crippen molar-refractivity contribution >= 4 is 34.1 Å². The molecule has 1 aliphatic rings. The van der Waals surface area contributed by atoms with Crippen LogP contribution in [0.4, 0.5) is 4.79 Å². The number of amides is 1. The Hall–Kier alpha value is -3.39. The molecule has 0 aliphatic carbocycles. The van der Waals surface area contributed by atoms with E-state index >= 15 is 0 Å². The van der Waals surface area contributed by atoms with E-state index in [1.54, 1.807) is 20.0 Å². The third kappa shape index (κ3) is 4.57. The van der Waals surface area contributed by atoms with Crippen LogP contribution in [0.25, 0.3) is 27.7 Å². The van der Waals surface area contributed by atoms with Crippen molar-refractivity contribution in [3.05, 3.63) is 63.3 Å². The Balaban J connectivity index is 1.43. The summed E-state index contributed by atoms with van der Waals surface area (Å²) in [4.78, 5) is 32.1. The van der Waals surface area contributed by atoms with Crippen molar-refractivity contribution in [3.63, 3.8) is 0 Å². The number of carbonyl (C=O) groups is 1. The maximum Gasteiger partial charge on any atom is 0.410 e. The van der Waals surface area contributed by atoms with Gasteiger partial charge in [-0.15, -0.1) is 0 Å². The number of benzene rings is 1. The van der Waals surface area contributed by atoms with Crippen molar-refractivity contribution < 1.29 is 9.53 Å². The molecule has 0 bridgehead atoms. The Morgan fingerprint density at radius 2 is 1.86 bits per heavy atom. The summed E-state index contributed by atoms with van der Waals surface area (Å²) < 4.78 is 9.02. The quantitative estimate of drug-likeness (QED) is 0.355. The molecule has 5 rings (SSSR count). The van der Waals surface area contributed by atoms with E-state index < -0.39 is 5.60 Å². The van der Waals surface area contributed by atoms with Crippen molar-refractivity contribution in [2.45, 2.75) is 59.1 Å². The summed E-state index contributed by atoms with van der Waals surface area (Å²) in [5.74, 6) is 0. The van der Waals surface area contributed by atoms with Gasteiger partial charge in [-0.25, -0.2) is 14.3 Å². The number of fused-ring (bicyclic) bond motifs is 2. The third-order valence-electron chi connectivity index (χ3n) is 6.52. The average molecular weight is 508 g/mol. The topological polar surface area (TPSA) is 81.7 Å². The zero-order valence-electron chi connectivity index (χ0n) is 21.2. The second kappa shape index (κ2) is 8.92. The molecular weight excluding hydrogens is 478 g/mol. The Labute approximate surface area is 214 Å². The van der Waals surface area contributed by atoms with Gasteiger partial charge >= 0.3 is 6.09 Å². The number of piperidine rings is 1. The van der Waals surface area contributed by atoms with Crippen LogP contribution in [0, 0.1) is 13.8 Å². The highest BCUT2D eigenvalue weighted by Gasteiger charge is 2.28. The highest BCUT2D eigenvalue weighted by atomic mass is 35.5. The summed E-state index contributed by atoms with van der Waals surface area (Å²) in [7, 11) is 0. The monoisotopic (exact) mass is 507 g/mol. The molecule has 188 valence electrons. The Kier molecular flexibility index (Phi) is 6.03. The van der Waals surface area contributed by atoms with E-state index in [0.29, 0.717) is 36.3 Å². The van der Waals surface area contributed by atoms with Crippen LogP contribution in [0.15, 0.2) is 41.5 Å². The fraction of sp³-hybridized carbons (Fsp3) is 0.407. The van der Waals surface area contributed by atoms with Crippen LogP contribution in [0.1, 0.15) is 50.9 Å². The third-order valence-corrected chi connectivity index (χ3v) is 6.82. The first-order valence-electron chi connectivity index (χ1n) is 12.2. The van der Waals surface area contributed by atoms with Crippen LogP contribution in [-0.4, -0.2) is 48.8 Å². The number of rotatable bonds is 2. The molecule has 1 aliphatic heterocycles. The van der Waals surface area contributed by atoms with Gasteiger partial charge in [0.25, 0.3) is 5.56 Å². The first-order valence-corrected chi connectivity index (χ1v) is 12.5. The molecule has 0 unspecified atom stereocenters. The first-order chi connectivity index (χ1) is 17.0. The van der Waals surface area contributed by atoms with Gasteiger partial charge in [0.2, 0.25) is 0 Å². The molecular formula is C27H30ClN5O3. The summed E-state index contributed by atoms with van der Waals surface area (Å²) in [6.45, 7) is 10.6. The summed E-state index contributed by atoms with van der Waals surface area (Å²) in [5.41, 5.74) is 3.69. The van der Waals surface area contributed by atoms with Crippen LogP contribution in [0.3, 0.4) is 0 Å². The van der Waals surface area contributed by atoms with Crippen LogP contribution in [0.2, 0.25) is 5.02 Å². The van der Waals surface area contributed by atoms with Gasteiger partial charge < -0.3 is 14.2 Å². The number of pyridine rings is 1. The highest BCUT2D eigenvalue weighted by molar-refractivity contribution is 6.35. The van der Waals surface area contributed by atoms with Gasteiger partial charge in [-0.1, -0.05) is 11.6 Å². The molecule has 1 aromatic carbocycles. The van der Waals surface area contributed by atoms with E-state index in [-0.39, 0.29) is 17.7 Å². The number of aryl methyl sites for hydroxylation is 2. The van der Waals surface area contributed by atoms with Gasteiger partial charge in [-0.2, -0.15) is 5.10 Å². The summed E-state index contributed by atoms with van der Waals surface area (Å²) >= 11 is 6.69. The maximum atomic E-state index is 13.5. The standard InChI is InChI=1S/C27H30ClN5O3/c1-16-12-22(30-33-15-17(2)29-24(16)33)19-13-18-6-11-32(25(34)23(18)21(28)14-19)20-7-9-31(10-8-20)26(35)36-27(3,4)5/h6,11-15,20H,7-10H2,1-5H3. The number of halogens is 1. The highest BCUT2D eigenvalue weighted by Crippen LogP contribution is 2.30. The lowest BCUT2D eigenvalue weighted by molar-refractivity contribution is 0.0187. The van der Waals surface area contributed by atoms with Crippen molar-refractivity contribution in [1.29, 1.82) is 0 Å². The Morgan fingerprint density at radius 3 is 2.56 bits per heavy atom. The average Bonchev–Trinajstić information content (AvgIpc) is 3.19. The van der Waals surface area contributed by atoms with E-state index in [2.05, 4.69) is 4.98 Å². The number of aromatic nitrogens is 4. The Bertz CT molecular complexity index is 1540. The summed E-state index contributed by atoms with van der Waals surface area (Å²) in [6, 6.07) is 7.67. The van der Waals surface area contributed by atoms with Crippen LogP contribution >= 0.6 is 11.6 Å². The summed E-state index contributed by atoms with van der Waals surface area (Å²) in [5, 5.41) is 6.36. The number of nitrogens with zero attached hydrogens (tertiary/aromatic N) is 5. The molecule has 9 heteroatoms. The molecule has 1 fully saturated rings. The minimum Gasteiger partial charge on any atom is -0.444 e. The second-order valence-corrected chi connectivity index (χ2v) is 10.9. The van der Waals surface area contributed by atoms with Gasteiger partial charge in [0.1, 0.15) is 5.60 Å². The smallest absolute Gasteiger partial charge is 0.410 e. The predicted molar refractivity (Wildman–Crippen MR) is 141 cm³/mol. The van der Waals surface area contributed by atoms with Gasteiger partial charge in [0.15, 0.2) is 5.65 Å². The number of hydrogen-bond acceptors (Lipinski definition) is 5. The van der Waals surface area contributed by atoms with Crippen molar-refractivity contribution in [2.75, 3.05) is 13.1 Å². The molecule has 0 radical (unpaired) electrons. The van der Waals surface area contributed by atoms with E-state index in [1.165, 1.54) is 0 Å². The zero-order chi connectivity index (χ0) is 25.8. The fourth-order valence-corrected chi connectivity index (χ4v) is 5.12. The molecule has 4 heterocycles. The largest absolute Gasteiger partial charge is 0.444 e. The first kappa shape index (κ1) is 24.3. The minimum absolute atomic E-state index is 0.00691. The van der Waals surface area contributed by atoms with E-state index in [4.69, 9.17) is 21.4 Å². The molecule has 0 spiro atoms. The van der Waals surface area contributed by atoms with Crippen molar-refractivity contribution in [2.24, 2.45) is 0 Å². The predicted octanol–water partition coefficient (Wildman–Crippen LogP) is 5.55. The molecule has 3 aromatic heterocycles. The lowest BCUT2D eigenvalue weighted by Gasteiger charge is -2.34. The number of likely N-dealkylation sites (tertiary alicyclic amines) is 1. The van der Waals surface area contributed by atoms with Crippen molar-refractivity contribution in [3.8, 4) is 11.3 Å². The van der Waals surface area contributed by atoms with E-state index in [1.807, 2.05) is 65.2 Å². The van der Waals surface area contributed by atoms with Crippen LogP contribution in [-0.2, 0) is 4.74 Å². The molecule has 4 aromatic rings. The lowest BCUT2D eigenvalue weighted by Crippen LogP contribution is -2.43. The fourth-order valence-electron chi connectivity index (χ4n) is 4.82. The van der Waals surface area contributed by atoms with Crippen LogP contribution < -0.4 is 5.56 Å². The molecule has 0 N–H and O–H groups in total. The SMILES string of the molecule is Cc1cn2nc(-c3cc(Cl)c4c(=O)n(C5CCN(C(=O)OC(C)(C)C)CC5)ccc4c3)cc(C)c2n1. The number of imidazole rings is 1. The number of ether oxygens (including phenoxy) is 1. The van der Waals surface area contributed by atoms with E-state index in [0.717, 1.165) is 33.5 Å².